The van der Waals surface area contributed by atoms with Crippen LogP contribution in [0.4, 0.5) is 4.39 Å². The first kappa shape index (κ1) is 14.1. The van der Waals surface area contributed by atoms with Gasteiger partial charge in [0.05, 0.1) is 0 Å². The summed E-state index contributed by atoms with van der Waals surface area (Å²) >= 11 is 0. The van der Waals surface area contributed by atoms with E-state index in [9.17, 15) is 14.1 Å². The summed E-state index contributed by atoms with van der Waals surface area (Å²) in [6.45, 7) is 0. The first-order chi connectivity index (χ1) is 8.01. The standard InChI is InChI=1S/C11H14FO4P/c1-15-17(14,16-2)11(13)8-5-9-3-6-10(12)7-4-9/h3-8,11,13H,1-2H3/b8-5+/t11-/m0/s1. The number of halogens is 1. The number of rotatable bonds is 5. The Labute approximate surface area is 99.2 Å². The monoisotopic (exact) mass is 260 g/mol. The highest BCUT2D eigenvalue weighted by molar-refractivity contribution is 7.54. The summed E-state index contributed by atoms with van der Waals surface area (Å²) in [5.41, 5.74) is 0.671. The molecule has 0 saturated heterocycles. The molecule has 0 heterocycles. The lowest BCUT2D eigenvalue weighted by Crippen LogP contribution is -2.06. The molecule has 0 aliphatic heterocycles. The molecule has 17 heavy (non-hydrogen) atoms. The third-order valence-electron chi connectivity index (χ3n) is 2.16. The van der Waals surface area contributed by atoms with Crippen LogP contribution in [0.15, 0.2) is 30.3 Å². The molecule has 0 aliphatic rings. The number of benzene rings is 1. The van der Waals surface area contributed by atoms with Crippen LogP contribution in [0, 0.1) is 5.82 Å². The topological polar surface area (TPSA) is 55.8 Å². The van der Waals surface area contributed by atoms with Gasteiger partial charge in [0.1, 0.15) is 5.82 Å². The number of aliphatic hydroxyl groups excluding tert-OH is 1. The molecule has 0 radical (unpaired) electrons. The highest BCUT2D eigenvalue weighted by Gasteiger charge is 2.29. The molecule has 0 fully saturated rings. The molecule has 1 N–H and O–H groups in total. The van der Waals surface area contributed by atoms with Crippen LogP contribution < -0.4 is 0 Å². The largest absolute Gasteiger partial charge is 0.377 e. The van der Waals surface area contributed by atoms with E-state index in [1.807, 2.05) is 0 Å². The van der Waals surface area contributed by atoms with Crippen LogP contribution in [0.25, 0.3) is 6.08 Å². The lowest BCUT2D eigenvalue weighted by Gasteiger charge is -2.16. The molecule has 0 aliphatic carbocycles. The summed E-state index contributed by atoms with van der Waals surface area (Å²) in [6.07, 6.45) is 2.79. The maximum absolute atomic E-state index is 12.6. The summed E-state index contributed by atoms with van der Waals surface area (Å²) in [4.78, 5) is 0. The van der Waals surface area contributed by atoms with Gasteiger partial charge in [-0.25, -0.2) is 4.39 Å². The molecule has 0 saturated carbocycles. The maximum atomic E-state index is 12.6. The van der Waals surface area contributed by atoms with Crippen molar-refractivity contribution in [2.24, 2.45) is 0 Å². The van der Waals surface area contributed by atoms with Crippen molar-refractivity contribution in [3.63, 3.8) is 0 Å². The third-order valence-corrected chi connectivity index (χ3v) is 4.00. The second-order valence-corrected chi connectivity index (χ2v) is 5.57. The Morgan fingerprint density at radius 3 is 2.29 bits per heavy atom. The van der Waals surface area contributed by atoms with E-state index in [4.69, 9.17) is 0 Å². The molecule has 4 nitrogen and oxygen atoms in total. The minimum Gasteiger partial charge on any atom is -0.377 e. The average molecular weight is 260 g/mol. The van der Waals surface area contributed by atoms with Crippen molar-refractivity contribution in [1.82, 2.24) is 0 Å². The minimum atomic E-state index is -3.52. The van der Waals surface area contributed by atoms with Crippen LogP contribution in [0.2, 0.25) is 0 Å². The van der Waals surface area contributed by atoms with Gasteiger partial charge in [-0.05, 0) is 23.8 Å². The first-order valence-electron chi connectivity index (χ1n) is 4.85. The number of hydrogen-bond donors (Lipinski definition) is 1. The van der Waals surface area contributed by atoms with Crippen molar-refractivity contribution >= 4 is 13.7 Å². The Morgan fingerprint density at radius 1 is 1.29 bits per heavy atom. The summed E-state index contributed by atoms with van der Waals surface area (Å²) in [5, 5.41) is 9.61. The highest BCUT2D eigenvalue weighted by atomic mass is 31.2. The van der Waals surface area contributed by atoms with Gasteiger partial charge in [-0.2, -0.15) is 0 Å². The molecule has 0 amide bonds. The van der Waals surface area contributed by atoms with E-state index in [-0.39, 0.29) is 5.82 Å². The molecule has 0 aromatic heterocycles. The van der Waals surface area contributed by atoms with Crippen molar-refractivity contribution < 1.29 is 23.1 Å². The van der Waals surface area contributed by atoms with E-state index >= 15 is 0 Å². The van der Waals surface area contributed by atoms with E-state index in [2.05, 4.69) is 9.05 Å². The molecule has 0 unspecified atom stereocenters. The van der Waals surface area contributed by atoms with Gasteiger partial charge in [0.25, 0.3) is 0 Å². The molecule has 0 spiro atoms. The Hall–Kier alpha value is -1.00. The van der Waals surface area contributed by atoms with Gasteiger partial charge in [0.2, 0.25) is 0 Å². The van der Waals surface area contributed by atoms with E-state index in [1.54, 1.807) is 0 Å². The van der Waals surface area contributed by atoms with Crippen LogP contribution in [-0.2, 0) is 13.6 Å². The third kappa shape index (κ3) is 3.75. The molecular formula is C11H14FO4P. The molecule has 6 heteroatoms. The fourth-order valence-corrected chi connectivity index (χ4v) is 2.04. The van der Waals surface area contributed by atoms with Crippen LogP contribution in [0.5, 0.6) is 0 Å². The Balaban J connectivity index is 2.77. The Morgan fingerprint density at radius 2 is 1.82 bits per heavy atom. The quantitative estimate of drug-likeness (QED) is 0.827. The van der Waals surface area contributed by atoms with E-state index < -0.39 is 13.4 Å². The van der Waals surface area contributed by atoms with Crippen LogP contribution in [-0.4, -0.2) is 25.2 Å². The van der Waals surface area contributed by atoms with Crippen molar-refractivity contribution in [2.75, 3.05) is 14.2 Å². The average Bonchev–Trinajstić information content (AvgIpc) is 2.36. The smallest absolute Gasteiger partial charge is 0.362 e. The zero-order chi connectivity index (χ0) is 12.9. The van der Waals surface area contributed by atoms with E-state index in [0.717, 1.165) is 0 Å². The predicted molar refractivity (Wildman–Crippen MR) is 63.1 cm³/mol. The molecule has 1 aromatic rings. The summed E-state index contributed by atoms with van der Waals surface area (Å²) in [6, 6.07) is 5.64. The lowest BCUT2D eigenvalue weighted by atomic mass is 10.2. The van der Waals surface area contributed by atoms with Gasteiger partial charge in [0, 0.05) is 14.2 Å². The Bertz CT molecular complexity index is 422. The van der Waals surface area contributed by atoms with Gasteiger partial charge < -0.3 is 14.2 Å². The molecule has 94 valence electrons. The molecular weight excluding hydrogens is 246 g/mol. The molecule has 0 bridgehead atoms. The van der Waals surface area contributed by atoms with E-state index in [0.29, 0.717) is 5.56 Å². The van der Waals surface area contributed by atoms with Gasteiger partial charge in [-0.1, -0.05) is 18.2 Å². The fraction of sp³-hybridized carbons (Fsp3) is 0.273. The predicted octanol–water partition coefficient (Wildman–Crippen LogP) is 2.64. The molecule has 1 aromatic carbocycles. The Kier molecular flexibility index (Phi) is 5.02. The SMILES string of the molecule is COP(=O)(OC)[C@H](O)/C=C/c1ccc(F)cc1. The summed E-state index contributed by atoms with van der Waals surface area (Å²) < 4.78 is 33.6. The zero-order valence-electron chi connectivity index (χ0n) is 9.54. The van der Waals surface area contributed by atoms with Crippen molar-refractivity contribution in [3.05, 3.63) is 41.7 Å². The molecule has 1 atom stereocenters. The van der Waals surface area contributed by atoms with Crippen LogP contribution >= 0.6 is 7.60 Å². The maximum Gasteiger partial charge on any atom is 0.362 e. The van der Waals surface area contributed by atoms with Gasteiger partial charge in [-0.3, -0.25) is 4.57 Å². The fourth-order valence-electron chi connectivity index (χ4n) is 1.17. The number of hydrogen-bond acceptors (Lipinski definition) is 4. The van der Waals surface area contributed by atoms with Crippen molar-refractivity contribution in [3.8, 4) is 0 Å². The van der Waals surface area contributed by atoms with Gasteiger partial charge in [0.15, 0.2) is 5.85 Å². The van der Waals surface area contributed by atoms with Crippen molar-refractivity contribution in [2.45, 2.75) is 5.85 Å². The first-order valence-corrected chi connectivity index (χ1v) is 6.46. The highest BCUT2D eigenvalue weighted by Crippen LogP contribution is 2.50. The normalized spacial score (nSPS) is 14.1. The van der Waals surface area contributed by atoms with Gasteiger partial charge >= 0.3 is 7.60 Å². The van der Waals surface area contributed by atoms with E-state index in [1.165, 1.54) is 50.6 Å². The second-order valence-electron chi connectivity index (χ2n) is 3.23. The minimum absolute atomic E-state index is 0.345. The van der Waals surface area contributed by atoms with Gasteiger partial charge in [-0.15, -0.1) is 0 Å². The second kappa shape index (κ2) is 6.07. The van der Waals surface area contributed by atoms with Crippen LogP contribution in [0.3, 0.4) is 0 Å². The number of aliphatic hydroxyl groups is 1. The van der Waals surface area contributed by atoms with Crippen molar-refractivity contribution in [1.29, 1.82) is 0 Å². The molecule has 1 rings (SSSR count). The summed E-state index contributed by atoms with van der Waals surface area (Å²) in [7, 11) is -1.14. The lowest BCUT2D eigenvalue weighted by molar-refractivity contribution is 0.201. The van der Waals surface area contributed by atoms with Crippen LogP contribution in [0.1, 0.15) is 5.56 Å². The zero-order valence-corrected chi connectivity index (χ0v) is 10.4. The summed E-state index contributed by atoms with van der Waals surface area (Å²) in [5.74, 6) is -1.70.